The summed E-state index contributed by atoms with van der Waals surface area (Å²) in [5, 5.41) is 0.940. The molecular weight excluding hydrogens is 288 g/mol. The molecule has 2 aromatic carbocycles. The van der Waals surface area contributed by atoms with Crippen LogP contribution in [0.25, 0.3) is 10.9 Å². The van der Waals surface area contributed by atoms with Crippen molar-refractivity contribution >= 4 is 26.6 Å². The summed E-state index contributed by atoms with van der Waals surface area (Å²) in [5.41, 5.74) is 1.46. The highest BCUT2D eigenvalue weighted by Gasteiger charge is 2.19. The first-order valence-electron chi connectivity index (χ1n) is 6.33. The molecule has 3 aromatic rings. The van der Waals surface area contributed by atoms with Gasteiger partial charge in [-0.25, -0.2) is 8.42 Å². The van der Waals surface area contributed by atoms with E-state index < -0.39 is 10.0 Å². The van der Waals surface area contributed by atoms with Crippen LogP contribution in [0, 0.1) is 0 Å². The number of rotatable bonds is 4. The third-order valence-corrected chi connectivity index (χ3v) is 4.58. The summed E-state index contributed by atoms with van der Waals surface area (Å²) in [6.45, 7) is 0. The minimum absolute atomic E-state index is 0.113. The number of aromatic amines is 1. The number of methoxy groups -OCH3 is 1. The van der Waals surface area contributed by atoms with Gasteiger partial charge in [-0.15, -0.1) is 0 Å². The van der Waals surface area contributed by atoms with Crippen molar-refractivity contribution in [2.45, 2.75) is 4.90 Å². The van der Waals surface area contributed by atoms with Gasteiger partial charge in [0.1, 0.15) is 10.6 Å². The molecule has 0 aliphatic heterocycles. The van der Waals surface area contributed by atoms with Crippen molar-refractivity contribution in [2.24, 2.45) is 0 Å². The van der Waals surface area contributed by atoms with Gasteiger partial charge < -0.3 is 9.72 Å². The monoisotopic (exact) mass is 302 g/mol. The van der Waals surface area contributed by atoms with E-state index in [-0.39, 0.29) is 4.90 Å². The lowest BCUT2D eigenvalue weighted by Crippen LogP contribution is -2.13. The molecule has 0 bridgehead atoms. The molecule has 6 heteroatoms. The number of hydrogen-bond donors (Lipinski definition) is 2. The molecule has 3 rings (SSSR count). The standard InChI is InChI=1S/C15H14N2O3S/c1-20-14-4-2-3-5-15(14)21(18,19)17-12-6-7-13-11(10-12)8-9-16-13/h2-10,16-17H,1H3. The van der Waals surface area contributed by atoms with Crippen molar-refractivity contribution in [3.05, 3.63) is 54.7 Å². The molecule has 0 unspecified atom stereocenters. The third-order valence-electron chi connectivity index (χ3n) is 3.16. The van der Waals surface area contributed by atoms with Gasteiger partial charge in [0, 0.05) is 22.8 Å². The van der Waals surface area contributed by atoms with Crippen molar-refractivity contribution in [1.29, 1.82) is 0 Å². The molecule has 0 amide bonds. The van der Waals surface area contributed by atoms with Crippen LogP contribution in [0.2, 0.25) is 0 Å². The number of H-pyrrole nitrogens is 1. The van der Waals surface area contributed by atoms with Gasteiger partial charge in [0.25, 0.3) is 10.0 Å². The summed E-state index contributed by atoms with van der Waals surface area (Å²) in [5.74, 6) is 0.313. The Kier molecular flexibility index (Phi) is 3.31. The van der Waals surface area contributed by atoms with Gasteiger partial charge in [0.15, 0.2) is 0 Å². The Morgan fingerprint density at radius 3 is 2.71 bits per heavy atom. The maximum atomic E-state index is 12.5. The number of benzene rings is 2. The molecular formula is C15H14N2O3S. The average molecular weight is 302 g/mol. The minimum atomic E-state index is -3.69. The van der Waals surface area contributed by atoms with E-state index in [9.17, 15) is 8.42 Å². The predicted octanol–water partition coefficient (Wildman–Crippen LogP) is 2.98. The number of aromatic nitrogens is 1. The topological polar surface area (TPSA) is 71.2 Å². The summed E-state index contributed by atoms with van der Waals surface area (Å²) in [6, 6.07) is 13.7. The van der Waals surface area contributed by atoms with Crippen LogP contribution in [0.4, 0.5) is 5.69 Å². The van der Waals surface area contributed by atoms with Crippen molar-refractivity contribution in [3.8, 4) is 5.75 Å². The number of ether oxygens (including phenoxy) is 1. The van der Waals surface area contributed by atoms with Crippen molar-refractivity contribution in [2.75, 3.05) is 11.8 Å². The van der Waals surface area contributed by atoms with E-state index in [2.05, 4.69) is 9.71 Å². The van der Waals surface area contributed by atoms with Crippen LogP contribution in [-0.2, 0) is 10.0 Å². The minimum Gasteiger partial charge on any atom is -0.495 e. The van der Waals surface area contributed by atoms with Crippen molar-refractivity contribution < 1.29 is 13.2 Å². The maximum absolute atomic E-state index is 12.5. The first kappa shape index (κ1) is 13.5. The van der Waals surface area contributed by atoms with Crippen LogP contribution in [-0.4, -0.2) is 20.5 Å². The molecule has 5 nitrogen and oxygen atoms in total. The van der Waals surface area contributed by atoms with E-state index in [1.54, 1.807) is 30.3 Å². The molecule has 0 saturated carbocycles. The summed E-state index contributed by atoms with van der Waals surface area (Å²) in [7, 11) is -2.25. The van der Waals surface area contributed by atoms with E-state index in [0.29, 0.717) is 11.4 Å². The Labute approximate surface area is 122 Å². The van der Waals surface area contributed by atoms with Gasteiger partial charge >= 0.3 is 0 Å². The quantitative estimate of drug-likeness (QED) is 0.778. The van der Waals surface area contributed by atoms with E-state index >= 15 is 0 Å². The predicted molar refractivity (Wildman–Crippen MR) is 82.1 cm³/mol. The molecule has 108 valence electrons. The fraction of sp³-hybridized carbons (Fsp3) is 0.0667. The van der Waals surface area contributed by atoms with Gasteiger partial charge in [-0.05, 0) is 36.4 Å². The summed E-state index contributed by atoms with van der Waals surface area (Å²) in [4.78, 5) is 3.17. The van der Waals surface area contributed by atoms with E-state index in [4.69, 9.17) is 4.74 Å². The first-order valence-corrected chi connectivity index (χ1v) is 7.81. The lowest BCUT2D eigenvalue weighted by Gasteiger charge is -2.11. The highest BCUT2D eigenvalue weighted by atomic mass is 32.2. The number of anilines is 1. The van der Waals surface area contributed by atoms with Crippen LogP contribution in [0.15, 0.2) is 59.6 Å². The van der Waals surface area contributed by atoms with Gasteiger partial charge in [-0.1, -0.05) is 12.1 Å². The molecule has 0 spiro atoms. The average Bonchev–Trinajstić information content (AvgIpc) is 2.94. The molecule has 0 aliphatic carbocycles. The molecule has 0 aliphatic rings. The largest absolute Gasteiger partial charge is 0.495 e. The molecule has 21 heavy (non-hydrogen) atoms. The molecule has 0 radical (unpaired) electrons. The van der Waals surface area contributed by atoms with E-state index in [1.807, 2.05) is 18.3 Å². The zero-order valence-electron chi connectivity index (χ0n) is 11.3. The fourth-order valence-corrected chi connectivity index (χ4v) is 3.39. The second-order valence-electron chi connectivity index (χ2n) is 4.54. The van der Waals surface area contributed by atoms with E-state index in [0.717, 1.165) is 10.9 Å². The van der Waals surface area contributed by atoms with Crippen LogP contribution >= 0.6 is 0 Å². The third kappa shape index (κ3) is 2.57. The smallest absolute Gasteiger partial charge is 0.265 e. The Hall–Kier alpha value is -2.47. The normalized spacial score (nSPS) is 11.5. The zero-order valence-corrected chi connectivity index (χ0v) is 12.1. The number of hydrogen-bond acceptors (Lipinski definition) is 3. The van der Waals surface area contributed by atoms with Crippen LogP contribution in [0.1, 0.15) is 0 Å². The Balaban J connectivity index is 1.98. The number of para-hydroxylation sites is 1. The maximum Gasteiger partial charge on any atom is 0.265 e. The summed E-state index contributed by atoms with van der Waals surface area (Å²) >= 11 is 0. The van der Waals surface area contributed by atoms with Crippen molar-refractivity contribution in [3.63, 3.8) is 0 Å². The Bertz CT molecular complexity index is 885. The Morgan fingerprint density at radius 1 is 1.10 bits per heavy atom. The second kappa shape index (κ2) is 5.14. The van der Waals surface area contributed by atoms with E-state index in [1.165, 1.54) is 13.2 Å². The van der Waals surface area contributed by atoms with Gasteiger partial charge in [-0.2, -0.15) is 0 Å². The number of sulfonamides is 1. The number of fused-ring (bicyclic) bond motifs is 1. The molecule has 1 aromatic heterocycles. The lowest BCUT2D eigenvalue weighted by atomic mass is 10.2. The Morgan fingerprint density at radius 2 is 1.90 bits per heavy atom. The van der Waals surface area contributed by atoms with Gasteiger partial charge in [-0.3, -0.25) is 4.72 Å². The fourth-order valence-electron chi connectivity index (χ4n) is 2.17. The van der Waals surface area contributed by atoms with Crippen LogP contribution in [0.3, 0.4) is 0 Å². The molecule has 1 heterocycles. The van der Waals surface area contributed by atoms with Gasteiger partial charge in [0.05, 0.1) is 7.11 Å². The zero-order chi connectivity index (χ0) is 14.9. The molecule has 2 N–H and O–H groups in total. The SMILES string of the molecule is COc1ccccc1S(=O)(=O)Nc1ccc2[nH]ccc2c1. The van der Waals surface area contributed by atoms with Crippen LogP contribution < -0.4 is 9.46 Å². The highest BCUT2D eigenvalue weighted by molar-refractivity contribution is 7.92. The molecule has 0 fully saturated rings. The second-order valence-corrected chi connectivity index (χ2v) is 6.19. The molecule has 0 saturated heterocycles. The van der Waals surface area contributed by atoms with Crippen molar-refractivity contribution in [1.82, 2.24) is 4.98 Å². The summed E-state index contributed by atoms with van der Waals surface area (Å²) in [6.07, 6.45) is 1.81. The summed E-state index contributed by atoms with van der Waals surface area (Å²) < 4.78 is 32.6. The van der Waals surface area contributed by atoms with Crippen LogP contribution in [0.5, 0.6) is 5.75 Å². The van der Waals surface area contributed by atoms with Gasteiger partial charge in [0.2, 0.25) is 0 Å². The number of nitrogens with one attached hydrogen (secondary N) is 2. The first-order chi connectivity index (χ1) is 10.1. The lowest BCUT2D eigenvalue weighted by molar-refractivity contribution is 0.403. The highest BCUT2D eigenvalue weighted by Crippen LogP contribution is 2.26. The molecule has 0 atom stereocenters.